The molecule has 4 heteroatoms. The lowest BCUT2D eigenvalue weighted by atomic mass is 10.0. The van der Waals surface area contributed by atoms with Crippen LogP contribution in [0.5, 0.6) is 5.75 Å². The Bertz CT molecular complexity index is 1460. The third-order valence-electron chi connectivity index (χ3n) is 6.64. The molecule has 0 unspecified atom stereocenters. The van der Waals surface area contributed by atoms with E-state index in [1.54, 1.807) is 24.3 Å². The molecule has 0 radical (unpaired) electrons. The molecule has 0 atom stereocenters. The Morgan fingerprint density at radius 1 is 0.750 bits per heavy atom. The number of hydrogen-bond acceptors (Lipinski definition) is 3. The predicted molar refractivity (Wildman–Crippen MR) is 165 cm³/mol. The second-order valence-corrected chi connectivity index (χ2v) is 9.44. The number of benzene rings is 4. The third kappa shape index (κ3) is 7.90. The summed E-state index contributed by atoms with van der Waals surface area (Å²) in [5, 5.41) is 3.10. The summed E-state index contributed by atoms with van der Waals surface area (Å²) in [4.78, 5) is 25.6. The summed E-state index contributed by atoms with van der Waals surface area (Å²) in [6.07, 6.45) is 9.27. The second kappa shape index (κ2) is 14.5. The van der Waals surface area contributed by atoms with Crippen molar-refractivity contribution >= 4 is 29.5 Å². The van der Waals surface area contributed by atoms with E-state index in [1.165, 1.54) is 0 Å². The summed E-state index contributed by atoms with van der Waals surface area (Å²) in [5.74, 6) is 0.533. The van der Waals surface area contributed by atoms with Gasteiger partial charge < -0.3 is 10.1 Å². The Morgan fingerprint density at radius 3 is 2.12 bits per heavy atom. The molecule has 4 nitrogen and oxygen atoms in total. The SMILES string of the molecule is CCc1cccc(CC)c1NC(=O)Cc1ccc(C(=O)C=Cc2ccccc2OCC=Cc2ccccc2)cc1. The number of ketones is 1. The number of rotatable bonds is 12. The molecule has 0 aromatic heterocycles. The minimum absolute atomic E-state index is 0.0650. The normalized spacial score (nSPS) is 11.2. The van der Waals surface area contributed by atoms with E-state index in [4.69, 9.17) is 4.74 Å². The highest BCUT2D eigenvalue weighted by atomic mass is 16.5. The molecule has 0 aliphatic rings. The van der Waals surface area contributed by atoms with Crippen LogP contribution in [-0.2, 0) is 24.1 Å². The lowest BCUT2D eigenvalue weighted by Crippen LogP contribution is -2.17. The van der Waals surface area contributed by atoms with Crippen molar-refractivity contribution in [2.24, 2.45) is 0 Å². The molecule has 1 N–H and O–H groups in total. The standard InChI is InChI=1S/C36H35NO3/c1-3-29-16-10-17-30(4-2)36(29)37-35(39)26-28-19-21-31(22-20-28)33(38)24-23-32-15-8-9-18-34(32)40-25-11-14-27-12-6-5-7-13-27/h5-24H,3-4,25-26H2,1-2H3,(H,37,39). The first-order valence-corrected chi connectivity index (χ1v) is 13.7. The Balaban J connectivity index is 1.34. The van der Waals surface area contributed by atoms with Crippen molar-refractivity contribution in [2.45, 2.75) is 33.1 Å². The summed E-state index contributed by atoms with van der Waals surface area (Å²) in [7, 11) is 0. The maximum atomic E-state index is 12.8. The maximum absolute atomic E-state index is 12.8. The first kappa shape index (κ1) is 28.3. The van der Waals surface area contributed by atoms with Crippen LogP contribution in [0.1, 0.15) is 52.0 Å². The molecule has 0 aliphatic heterocycles. The van der Waals surface area contributed by atoms with Crippen LogP contribution in [0.4, 0.5) is 5.69 Å². The van der Waals surface area contributed by atoms with Crippen molar-refractivity contribution in [3.05, 3.63) is 143 Å². The molecule has 1 amide bonds. The number of para-hydroxylation sites is 2. The molecule has 4 aromatic carbocycles. The molecule has 202 valence electrons. The molecule has 4 aromatic rings. The number of amides is 1. The molecule has 0 bridgehead atoms. The average Bonchev–Trinajstić information content (AvgIpc) is 2.99. The smallest absolute Gasteiger partial charge is 0.228 e. The number of carbonyl (C=O) groups excluding carboxylic acids is 2. The van der Waals surface area contributed by atoms with Gasteiger partial charge in [0.2, 0.25) is 5.91 Å². The fraction of sp³-hybridized carbons (Fsp3) is 0.167. The number of aryl methyl sites for hydroxylation is 2. The van der Waals surface area contributed by atoms with E-state index in [2.05, 4.69) is 31.3 Å². The van der Waals surface area contributed by atoms with E-state index in [9.17, 15) is 9.59 Å². The minimum atomic E-state index is -0.112. The highest BCUT2D eigenvalue weighted by Gasteiger charge is 2.11. The lowest BCUT2D eigenvalue weighted by Gasteiger charge is -2.14. The zero-order chi connectivity index (χ0) is 28.2. The van der Waals surface area contributed by atoms with E-state index in [0.717, 1.165) is 46.3 Å². The molecular formula is C36H35NO3. The zero-order valence-electron chi connectivity index (χ0n) is 23.1. The van der Waals surface area contributed by atoms with Crippen molar-refractivity contribution in [3.8, 4) is 5.75 Å². The van der Waals surface area contributed by atoms with Gasteiger partial charge in [0.25, 0.3) is 0 Å². The predicted octanol–water partition coefficient (Wildman–Crippen LogP) is 7.98. The summed E-state index contributed by atoms with van der Waals surface area (Å²) >= 11 is 0. The van der Waals surface area contributed by atoms with E-state index >= 15 is 0 Å². The Morgan fingerprint density at radius 2 is 1.43 bits per heavy atom. The largest absolute Gasteiger partial charge is 0.489 e. The molecule has 0 saturated heterocycles. The molecule has 4 rings (SSSR count). The van der Waals surface area contributed by atoms with Gasteiger partial charge in [-0.3, -0.25) is 9.59 Å². The number of anilines is 1. The number of hydrogen-bond donors (Lipinski definition) is 1. The van der Waals surface area contributed by atoms with Crippen molar-refractivity contribution < 1.29 is 14.3 Å². The van der Waals surface area contributed by atoms with Gasteiger partial charge in [0.15, 0.2) is 5.78 Å². The highest BCUT2D eigenvalue weighted by Crippen LogP contribution is 2.23. The van der Waals surface area contributed by atoms with Crippen LogP contribution in [0.2, 0.25) is 0 Å². The van der Waals surface area contributed by atoms with Crippen molar-refractivity contribution in [1.29, 1.82) is 0 Å². The van der Waals surface area contributed by atoms with E-state index < -0.39 is 0 Å². The van der Waals surface area contributed by atoms with Crippen molar-refractivity contribution in [3.63, 3.8) is 0 Å². The van der Waals surface area contributed by atoms with Gasteiger partial charge in [0.05, 0.1) is 6.42 Å². The monoisotopic (exact) mass is 529 g/mol. The van der Waals surface area contributed by atoms with Crippen LogP contribution in [0.25, 0.3) is 12.2 Å². The van der Waals surface area contributed by atoms with Gasteiger partial charge in [-0.25, -0.2) is 0 Å². The van der Waals surface area contributed by atoms with Crippen molar-refractivity contribution in [1.82, 2.24) is 0 Å². The van der Waals surface area contributed by atoms with Crippen LogP contribution in [0, 0.1) is 0 Å². The average molecular weight is 530 g/mol. The van der Waals surface area contributed by atoms with Gasteiger partial charge in [-0.2, -0.15) is 0 Å². The van der Waals surface area contributed by atoms with Crippen LogP contribution >= 0.6 is 0 Å². The second-order valence-electron chi connectivity index (χ2n) is 9.44. The van der Waals surface area contributed by atoms with Gasteiger partial charge in [0, 0.05) is 16.8 Å². The van der Waals surface area contributed by atoms with Crippen LogP contribution in [-0.4, -0.2) is 18.3 Å². The molecular weight excluding hydrogens is 494 g/mol. The summed E-state index contributed by atoms with van der Waals surface area (Å²) in [6, 6.07) is 31.0. The van der Waals surface area contributed by atoms with E-state index in [0.29, 0.717) is 17.9 Å². The van der Waals surface area contributed by atoms with Gasteiger partial charge in [-0.15, -0.1) is 0 Å². The molecule has 0 spiro atoms. The number of carbonyl (C=O) groups is 2. The first-order valence-electron chi connectivity index (χ1n) is 13.7. The summed E-state index contributed by atoms with van der Waals surface area (Å²) in [6.45, 7) is 4.60. The fourth-order valence-electron chi connectivity index (χ4n) is 4.46. The maximum Gasteiger partial charge on any atom is 0.228 e. The van der Waals surface area contributed by atoms with Crippen molar-refractivity contribution in [2.75, 3.05) is 11.9 Å². The number of allylic oxidation sites excluding steroid dienone is 1. The Labute approximate surface area is 237 Å². The first-order chi connectivity index (χ1) is 19.6. The molecule has 0 fully saturated rings. The van der Waals surface area contributed by atoms with Gasteiger partial charge in [-0.05, 0) is 59.4 Å². The van der Waals surface area contributed by atoms with Gasteiger partial charge in [-0.1, -0.05) is 111 Å². The molecule has 0 saturated carbocycles. The quantitative estimate of drug-likeness (QED) is 0.150. The van der Waals surface area contributed by atoms with E-state index in [-0.39, 0.29) is 18.1 Å². The van der Waals surface area contributed by atoms with Gasteiger partial charge >= 0.3 is 0 Å². The Kier molecular flexibility index (Phi) is 10.2. The number of ether oxygens (including phenoxy) is 1. The summed E-state index contributed by atoms with van der Waals surface area (Å²) < 4.78 is 5.93. The van der Waals surface area contributed by atoms with Gasteiger partial charge in [0.1, 0.15) is 12.4 Å². The summed E-state index contributed by atoms with van der Waals surface area (Å²) in [5.41, 5.74) is 6.56. The van der Waals surface area contributed by atoms with Crippen LogP contribution in [0.3, 0.4) is 0 Å². The van der Waals surface area contributed by atoms with Crippen LogP contribution in [0.15, 0.2) is 109 Å². The third-order valence-corrected chi connectivity index (χ3v) is 6.64. The number of nitrogens with one attached hydrogen (secondary N) is 1. The Hall–Kier alpha value is -4.70. The van der Waals surface area contributed by atoms with E-state index in [1.807, 2.05) is 84.9 Å². The lowest BCUT2D eigenvalue weighted by molar-refractivity contribution is -0.115. The highest BCUT2D eigenvalue weighted by molar-refractivity contribution is 6.07. The van der Waals surface area contributed by atoms with Crippen LogP contribution < -0.4 is 10.1 Å². The molecule has 0 heterocycles. The molecule has 40 heavy (non-hydrogen) atoms. The topological polar surface area (TPSA) is 55.4 Å². The fourth-order valence-corrected chi connectivity index (χ4v) is 4.46. The zero-order valence-corrected chi connectivity index (χ0v) is 23.1. The minimum Gasteiger partial charge on any atom is -0.489 e. The molecule has 0 aliphatic carbocycles.